The molecule has 0 fully saturated rings. The number of nitrogens with one attached hydrogen (secondary N) is 1. The van der Waals surface area contributed by atoms with Crippen LogP contribution in [-0.2, 0) is 44.8 Å². The maximum atomic E-state index is 11.9. The Hall–Kier alpha value is -0.400. The first-order chi connectivity index (χ1) is 16.3. The van der Waals surface area contributed by atoms with Crippen molar-refractivity contribution in [2.45, 2.75) is 19.6 Å². The van der Waals surface area contributed by atoms with Crippen molar-refractivity contribution >= 4 is 62.6 Å². The summed E-state index contributed by atoms with van der Waals surface area (Å²) < 4.78 is 132. The fraction of sp³-hybridized carbons (Fsp3) is 0. The van der Waals surface area contributed by atoms with Crippen LogP contribution in [0.4, 0.5) is 11.4 Å². The standard InChI is InChI=1S/C16H12N2O14S4.3Na/c19-18(20)32-36(30,31)11-3-1-10(2-4-11)17-14-7-12(33(21,22)23)5-9-6-13(34(24,25)26)8-15(16(9)14)35(27,28)29;;;/h1-8,17H,(H,21,22,23)(H,24,25,26)(H,27,28,29);;;/q;3*+1/p-3. The van der Waals surface area contributed by atoms with Crippen LogP contribution in [0, 0.1) is 10.1 Å². The molecule has 0 aliphatic heterocycles. The molecule has 16 nitrogen and oxygen atoms in total. The van der Waals surface area contributed by atoms with Gasteiger partial charge in [-0.3, -0.25) is 0 Å². The molecular formula is C16H9N2Na3O14S4. The van der Waals surface area contributed by atoms with Crippen molar-refractivity contribution in [2.24, 2.45) is 0 Å². The van der Waals surface area contributed by atoms with Crippen LogP contribution < -0.4 is 94.0 Å². The molecule has 0 radical (unpaired) electrons. The molecule has 0 saturated carbocycles. The average molecular weight is 650 g/mol. The van der Waals surface area contributed by atoms with Gasteiger partial charge in [-0.05, 0) is 53.9 Å². The normalized spacial score (nSPS) is 11.9. The Morgan fingerprint density at radius 1 is 0.667 bits per heavy atom. The van der Waals surface area contributed by atoms with E-state index in [0.29, 0.717) is 18.2 Å². The second-order valence-corrected chi connectivity index (χ2v) is 12.4. The van der Waals surface area contributed by atoms with E-state index in [-0.39, 0.29) is 100 Å². The van der Waals surface area contributed by atoms with E-state index in [2.05, 4.69) is 9.60 Å². The zero-order valence-electron chi connectivity index (χ0n) is 19.9. The first-order valence-electron chi connectivity index (χ1n) is 8.74. The number of nitrogens with zero attached hydrogens (tertiary/aromatic N) is 1. The van der Waals surface area contributed by atoms with Crippen molar-refractivity contribution in [3.05, 3.63) is 58.6 Å². The van der Waals surface area contributed by atoms with Crippen molar-refractivity contribution in [3.63, 3.8) is 0 Å². The first-order valence-corrected chi connectivity index (χ1v) is 14.4. The third-order valence-corrected chi connectivity index (χ3v) is 8.04. The Bertz CT molecular complexity index is 1840. The number of fused-ring (bicyclic) bond motifs is 1. The number of hydrogen-bond donors (Lipinski definition) is 1. The van der Waals surface area contributed by atoms with E-state index in [4.69, 9.17) is 0 Å². The van der Waals surface area contributed by atoms with Gasteiger partial charge in [-0.15, -0.1) is 10.1 Å². The molecule has 0 unspecified atom stereocenters. The molecule has 0 heterocycles. The number of hydrogen-bond acceptors (Lipinski definition) is 15. The largest absolute Gasteiger partial charge is 1.00 e. The van der Waals surface area contributed by atoms with Gasteiger partial charge >= 0.3 is 104 Å². The van der Waals surface area contributed by atoms with Gasteiger partial charge in [0.15, 0.2) is 0 Å². The summed E-state index contributed by atoms with van der Waals surface area (Å²) >= 11 is 0. The summed E-state index contributed by atoms with van der Waals surface area (Å²) in [5, 5.41) is 10.0. The van der Waals surface area contributed by atoms with Gasteiger partial charge in [-0.1, -0.05) is 0 Å². The molecule has 0 atom stereocenters. The van der Waals surface area contributed by atoms with Gasteiger partial charge in [-0.2, -0.15) is 12.7 Å². The molecule has 3 aromatic rings. The van der Waals surface area contributed by atoms with Gasteiger partial charge in [0.1, 0.15) is 30.4 Å². The molecule has 0 aromatic heterocycles. The number of rotatable bonds is 8. The van der Waals surface area contributed by atoms with Gasteiger partial charge in [-0.25, -0.2) is 25.3 Å². The second kappa shape index (κ2) is 13.7. The summed E-state index contributed by atoms with van der Waals surface area (Å²) in [6.07, 6.45) is 0. The molecule has 39 heavy (non-hydrogen) atoms. The minimum atomic E-state index is -5.49. The van der Waals surface area contributed by atoms with E-state index in [1.54, 1.807) is 0 Å². The van der Waals surface area contributed by atoms with Crippen molar-refractivity contribution in [2.75, 3.05) is 5.32 Å². The zero-order chi connectivity index (χ0) is 27.3. The molecule has 3 aromatic carbocycles. The van der Waals surface area contributed by atoms with Crippen LogP contribution in [0.2, 0.25) is 0 Å². The monoisotopic (exact) mass is 650 g/mol. The molecule has 194 valence electrons. The third kappa shape index (κ3) is 9.56. The van der Waals surface area contributed by atoms with Gasteiger partial charge in [0, 0.05) is 16.8 Å². The average Bonchev–Trinajstić information content (AvgIpc) is 2.70. The Morgan fingerprint density at radius 2 is 1.13 bits per heavy atom. The summed E-state index contributed by atoms with van der Waals surface area (Å²) in [5.41, 5.74) is -0.657. The van der Waals surface area contributed by atoms with Crippen molar-refractivity contribution in [1.82, 2.24) is 0 Å². The molecule has 0 aliphatic rings. The van der Waals surface area contributed by atoms with Crippen LogP contribution in [0.1, 0.15) is 0 Å². The molecule has 0 spiro atoms. The van der Waals surface area contributed by atoms with Crippen LogP contribution in [-0.4, -0.2) is 52.4 Å². The van der Waals surface area contributed by atoms with E-state index >= 15 is 0 Å². The molecule has 0 amide bonds. The van der Waals surface area contributed by atoms with E-state index in [1.165, 1.54) is 0 Å². The topological polar surface area (TPSA) is 270 Å². The fourth-order valence-electron chi connectivity index (χ4n) is 2.99. The molecule has 0 aliphatic carbocycles. The van der Waals surface area contributed by atoms with Crippen LogP contribution in [0.3, 0.4) is 0 Å². The summed E-state index contributed by atoms with van der Waals surface area (Å²) in [6, 6.07) is 5.55. The molecule has 0 bridgehead atoms. The Balaban J connectivity index is 0.00000481. The Labute approximate surface area is 287 Å². The third-order valence-electron chi connectivity index (χ3n) is 4.39. The summed E-state index contributed by atoms with van der Waals surface area (Å²) in [5.74, 6) is 0. The second-order valence-electron chi connectivity index (χ2n) is 6.75. The van der Waals surface area contributed by atoms with Crippen LogP contribution in [0.25, 0.3) is 10.8 Å². The first kappa shape index (κ1) is 38.6. The Kier molecular flexibility index (Phi) is 13.6. The maximum absolute atomic E-state index is 11.9. The predicted octanol–water partition coefficient (Wildman–Crippen LogP) is -8.80. The van der Waals surface area contributed by atoms with Crippen LogP contribution >= 0.6 is 0 Å². The molecular weight excluding hydrogens is 641 g/mol. The van der Waals surface area contributed by atoms with Crippen LogP contribution in [0.5, 0.6) is 0 Å². The Morgan fingerprint density at radius 3 is 1.54 bits per heavy atom. The van der Waals surface area contributed by atoms with E-state index in [0.717, 1.165) is 24.3 Å². The molecule has 0 saturated heterocycles. The van der Waals surface area contributed by atoms with E-state index in [1.807, 2.05) is 0 Å². The molecule has 23 heteroatoms. The van der Waals surface area contributed by atoms with Crippen molar-refractivity contribution in [1.29, 1.82) is 0 Å². The smallest absolute Gasteiger partial charge is 0.744 e. The minimum Gasteiger partial charge on any atom is -0.744 e. The van der Waals surface area contributed by atoms with Gasteiger partial charge < -0.3 is 19.0 Å². The summed E-state index contributed by atoms with van der Waals surface area (Å²) in [6.45, 7) is 0. The predicted molar refractivity (Wildman–Crippen MR) is 113 cm³/mol. The van der Waals surface area contributed by atoms with Crippen molar-refractivity contribution in [3.8, 4) is 0 Å². The fourth-order valence-corrected chi connectivity index (χ4v) is 5.60. The maximum Gasteiger partial charge on any atom is 1.00 e. The summed E-state index contributed by atoms with van der Waals surface area (Å²) in [4.78, 5) is 6.18. The zero-order valence-corrected chi connectivity index (χ0v) is 29.2. The quantitative estimate of drug-likeness (QED) is 0.103. The molecule has 1 N–H and O–H groups in total. The number of anilines is 2. The van der Waals surface area contributed by atoms with E-state index < -0.39 is 81.6 Å². The SMILES string of the molecule is O=[N+]([O-])OS(=O)(=O)c1ccc(Nc2cc(S(=O)(=O)[O-])cc3cc(S(=O)(=O)[O-])cc(S(=O)(=O)[O-])c23)cc1.[Na+].[Na+].[Na+]. The molecule has 3 rings (SSSR count). The van der Waals surface area contributed by atoms with Crippen LogP contribution in [0.15, 0.2) is 68.1 Å². The van der Waals surface area contributed by atoms with Gasteiger partial charge in [0.05, 0.1) is 19.6 Å². The van der Waals surface area contributed by atoms with Gasteiger partial charge in [0.2, 0.25) is 0 Å². The van der Waals surface area contributed by atoms with E-state index in [9.17, 15) is 57.4 Å². The summed E-state index contributed by atoms with van der Waals surface area (Å²) in [7, 11) is -20.9. The minimum absolute atomic E-state index is 0. The van der Waals surface area contributed by atoms with Crippen molar-refractivity contribution < 1.29 is 145 Å². The van der Waals surface area contributed by atoms with Gasteiger partial charge in [0.25, 0.3) is 0 Å². The number of benzene rings is 3.